The van der Waals surface area contributed by atoms with Gasteiger partial charge in [-0.15, -0.1) is 0 Å². The number of aromatic nitrogens is 1. The molecule has 5 heteroatoms. The molecule has 1 N–H and O–H groups in total. The van der Waals surface area contributed by atoms with Crippen molar-refractivity contribution in [3.8, 4) is 0 Å². The fraction of sp³-hybridized carbons (Fsp3) is 0.615. The first kappa shape index (κ1) is 13.6. The van der Waals surface area contributed by atoms with Gasteiger partial charge in [-0.2, -0.15) is 0 Å². The lowest BCUT2D eigenvalue weighted by molar-refractivity contribution is 0.0711. The standard InChI is InChI=1S/C13H19BrN2O2/c1-2-5-15(6-7-17)13(18)12-8-10(14)9-16(12)11-3-4-11/h8-9,11,17H,2-7H2,1H3. The van der Waals surface area contributed by atoms with Crippen molar-refractivity contribution in [3.63, 3.8) is 0 Å². The van der Waals surface area contributed by atoms with Crippen molar-refractivity contribution in [2.45, 2.75) is 32.2 Å². The molecule has 4 nitrogen and oxygen atoms in total. The van der Waals surface area contributed by atoms with Crippen molar-refractivity contribution in [1.29, 1.82) is 0 Å². The Labute approximate surface area is 116 Å². The van der Waals surface area contributed by atoms with Crippen LogP contribution >= 0.6 is 15.9 Å². The molecule has 1 aromatic heterocycles. The van der Waals surface area contributed by atoms with Crippen LogP contribution in [0.5, 0.6) is 0 Å². The largest absolute Gasteiger partial charge is 0.395 e. The Morgan fingerprint density at radius 1 is 1.56 bits per heavy atom. The van der Waals surface area contributed by atoms with Crippen LogP contribution in [0.1, 0.15) is 42.7 Å². The first-order valence-corrected chi connectivity index (χ1v) is 7.24. The monoisotopic (exact) mass is 314 g/mol. The van der Waals surface area contributed by atoms with Crippen LogP contribution in [-0.4, -0.2) is 40.2 Å². The summed E-state index contributed by atoms with van der Waals surface area (Å²) in [5.41, 5.74) is 0.728. The summed E-state index contributed by atoms with van der Waals surface area (Å²) in [5.74, 6) is 0.0171. The summed E-state index contributed by atoms with van der Waals surface area (Å²) in [6.07, 6.45) is 5.18. The van der Waals surface area contributed by atoms with E-state index < -0.39 is 0 Å². The molecule has 0 atom stereocenters. The van der Waals surface area contributed by atoms with Crippen molar-refractivity contribution in [2.75, 3.05) is 19.7 Å². The van der Waals surface area contributed by atoms with E-state index in [-0.39, 0.29) is 12.5 Å². The van der Waals surface area contributed by atoms with Gasteiger partial charge in [-0.1, -0.05) is 6.92 Å². The molecular weight excluding hydrogens is 296 g/mol. The van der Waals surface area contributed by atoms with Crippen LogP contribution in [0.4, 0.5) is 0 Å². The third kappa shape index (κ3) is 2.95. The molecule has 1 saturated carbocycles. The average Bonchev–Trinajstić information content (AvgIpc) is 3.11. The molecule has 1 heterocycles. The first-order chi connectivity index (χ1) is 8.67. The van der Waals surface area contributed by atoms with Gasteiger partial charge in [-0.3, -0.25) is 4.79 Å². The Morgan fingerprint density at radius 3 is 2.83 bits per heavy atom. The molecule has 0 saturated heterocycles. The summed E-state index contributed by atoms with van der Waals surface area (Å²) < 4.78 is 3.00. The van der Waals surface area contributed by atoms with Crippen LogP contribution in [0.25, 0.3) is 0 Å². The average molecular weight is 315 g/mol. The highest BCUT2D eigenvalue weighted by Gasteiger charge is 2.29. The van der Waals surface area contributed by atoms with E-state index in [0.717, 1.165) is 29.4 Å². The van der Waals surface area contributed by atoms with Gasteiger partial charge >= 0.3 is 0 Å². The highest BCUT2D eigenvalue weighted by molar-refractivity contribution is 9.10. The lowest BCUT2D eigenvalue weighted by Crippen LogP contribution is -2.35. The molecule has 1 aliphatic rings. The number of aliphatic hydroxyl groups is 1. The molecule has 100 valence electrons. The van der Waals surface area contributed by atoms with E-state index in [4.69, 9.17) is 5.11 Å². The summed E-state index contributed by atoms with van der Waals surface area (Å²) in [6, 6.07) is 2.36. The van der Waals surface area contributed by atoms with Crippen molar-refractivity contribution in [3.05, 3.63) is 22.4 Å². The summed E-state index contributed by atoms with van der Waals surface area (Å²) in [6.45, 7) is 3.14. The van der Waals surface area contributed by atoms with Gasteiger partial charge in [0.2, 0.25) is 0 Å². The number of halogens is 1. The Hall–Kier alpha value is -0.810. The number of aliphatic hydroxyl groups excluding tert-OH is 1. The van der Waals surface area contributed by atoms with Gasteiger partial charge in [0.25, 0.3) is 5.91 Å². The van der Waals surface area contributed by atoms with E-state index >= 15 is 0 Å². The van der Waals surface area contributed by atoms with E-state index in [2.05, 4.69) is 20.5 Å². The Kier molecular flexibility index (Phi) is 4.45. The smallest absolute Gasteiger partial charge is 0.270 e. The molecule has 0 spiro atoms. The van der Waals surface area contributed by atoms with Gasteiger partial charge in [0, 0.05) is 29.8 Å². The lowest BCUT2D eigenvalue weighted by atomic mass is 10.3. The Bertz CT molecular complexity index is 421. The maximum Gasteiger partial charge on any atom is 0.270 e. The van der Waals surface area contributed by atoms with Crippen molar-refractivity contribution in [1.82, 2.24) is 9.47 Å². The topological polar surface area (TPSA) is 45.5 Å². The zero-order valence-corrected chi connectivity index (χ0v) is 12.2. The van der Waals surface area contributed by atoms with Gasteiger partial charge in [0.1, 0.15) is 5.69 Å². The molecule has 2 rings (SSSR count). The molecule has 1 amide bonds. The fourth-order valence-corrected chi connectivity index (χ4v) is 2.58. The number of hydrogen-bond acceptors (Lipinski definition) is 2. The molecular formula is C13H19BrN2O2. The highest BCUT2D eigenvalue weighted by atomic mass is 79.9. The maximum absolute atomic E-state index is 12.5. The number of carbonyl (C=O) groups is 1. The summed E-state index contributed by atoms with van der Waals surface area (Å²) in [5, 5.41) is 9.05. The van der Waals surface area contributed by atoms with E-state index in [1.165, 1.54) is 0 Å². The lowest BCUT2D eigenvalue weighted by Gasteiger charge is -2.21. The van der Waals surface area contributed by atoms with Crippen LogP contribution in [0.15, 0.2) is 16.7 Å². The van der Waals surface area contributed by atoms with E-state index in [0.29, 0.717) is 19.1 Å². The van der Waals surface area contributed by atoms with Crippen LogP contribution in [-0.2, 0) is 0 Å². The number of amides is 1. The molecule has 0 unspecified atom stereocenters. The first-order valence-electron chi connectivity index (χ1n) is 6.45. The summed E-state index contributed by atoms with van der Waals surface area (Å²) in [4.78, 5) is 14.2. The Morgan fingerprint density at radius 2 is 2.28 bits per heavy atom. The van der Waals surface area contributed by atoms with Gasteiger partial charge in [0.15, 0.2) is 0 Å². The van der Waals surface area contributed by atoms with Crippen LogP contribution in [0.3, 0.4) is 0 Å². The molecule has 0 aromatic carbocycles. The molecule has 1 aromatic rings. The predicted octanol–water partition coefficient (Wildman–Crippen LogP) is 2.43. The number of hydrogen-bond donors (Lipinski definition) is 1. The van der Waals surface area contributed by atoms with Gasteiger partial charge in [0.05, 0.1) is 6.61 Å². The van der Waals surface area contributed by atoms with Crippen LogP contribution in [0, 0.1) is 0 Å². The Balaban J connectivity index is 2.20. The van der Waals surface area contributed by atoms with Gasteiger partial charge in [-0.05, 0) is 41.3 Å². The maximum atomic E-state index is 12.5. The second-order valence-corrected chi connectivity index (χ2v) is 5.61. The second kappa shape index (κ2) is 5.89. The zero-order valence-electron chi connectivity index (χ0n) is 10.6. The van der Waals surface area contributed by atoms with Crippen LogP contribution < -0.4 is 0 Å². The van der Waals surface area contributed by atoms with Gasteiger partial charge in [-0.25, -0.2) is 0 Å². The number of nitrogens with zero attached hydrogens (tertiary/aromatic N) is 2. The molecule has 1 fully saturated rings. The summed E-state index contributed by atoms with van der Waals surface area (Å²) >= 11 is 3.43. The van der Waals surface area contributed by atoms with E-state index in [9.17, 15) is 4.79 Å². The second-order valence-electron chi connectivity index (χ2n) is 4.70. The minimum atomic E-state index is 0.0110. The molecule has 18 heavy (non-hydrogen) atoms. The molecule has 0 radical (unpaired) electrons. The van der Waals surface area contributed by atoms with E-state index in [1.54, 1.807) is 4.90 Å². The number of carbonyl (C=O) groups excluding carboxylic acids is 1. The van der Waals surface area contributed by atoms with Crippen molar-refractivity contribution < 1.29 is 9.90 Å². The van der Waals surface area contributed by atoms with Crippen molar-refractivity contribution >= 4 is 21.8 Å². The fourth-order valence-electron chi connectivity index (χ4n) is 2.14. The SMILES string of the molecule is CCCN(CCO)C(=O)c1cc(Br)cn1C1CC1. The highest BCUT2D eigenvalue weighted by Crippen LogP contribution is 2.37. The molecule has 0 aliphatic heterocycles. The normalized spacial score (nSPS) is 14.8. The number of rotatable bonds is 6. The minimum Gasteiger partial charge on any atom is -0.395 e. The molecule has 0 bridgehead atoms. The molecule has 1 aliphatic carbocycles. The van der Waals surface area contributed by atoms with E-state index in [1.807, 2.05) is 19.2 Å². The third-order valence-corrected chi connectivity index (χ3v) is 3.56. The third-order valence-electron chi connectivity index (χ3n) is 3.13. The quantitative estimate of drug-likeness (QED) is 0.876. The summed E-state index contributed by atoms with van der Waals surface area (Å²) in [7, 11) is 0. The van der Waals surface area contributed by atoms with Crippen molar-refractivity contribution in [2.24, 2.45) is 0 Å². The predicted molar refractivity (Wildman–Crippen MR) is 73.7 cm³/mol. The van der Waals surface area contributed by atoms with Crippen LogP contribution in [0.2, 0.25) is 0 Å². The minimum absolute atomic E-state index is 0.0110. The van der Waals surface area contributed by atoms with Gasteiger partial charge < -0.3 is 14.6 Å². The zero-order chi connectivity index (χ0) is 13.1.